The van der Waals surface area contributed by atoms with Crippen LogP contribution in [0.25, 0.3) is 0 Å². The second-order valence-corrected chi connectivity index (χ2v) is 5.27. The number of carbonyl (C=O) groups excluding carboxylic acids is 1. The van der Waals surface area contributed by atoms with Crippen LogP contribution in [0.4, 0.5) is 0 Å². The number of amides is 1. The van der Waals surface area contributed by atoms with Crippen molar-refractivity contribution in [3.05, 3.63) is 23.8 Å². The zero-order chi connectivity index (χ0) is 15.5. The van der Waals surface area contributed by atoms with Crippen molar-refractivity contribution in [2.24, 2.45) is 0 Å². The molecule has 0 fully saturated rings. The van der Waals surface area contributed by atoms with Crippen molar-refractivity contribution in [2.45, 2.75) is 51.9 Å². The number of unbranched alkanes of at least 4 members (excludes halogenated alkanes) is 4. The molecule has 4 nitrogen and oxygen atoms in total. The Bertz CT molecular complexity index is 432. The molecule has 118 valence electrons. The van der Waals surface area contributed by atoms with Crippen molar-refractivity contribution in [3.8, 4) is 11.5 Å². The number of phenolic OH excluding ortho intramolecular Hbond substituents is 1. The number of phenols is 1. The maximum absolute atomic E-state index is 11.7. The minimum atomic E-state index is 0.122. The Labute approximate surface area is 127 Å². The third-order valence-electron chi connectivity index (χ3n) is 3.49. The molecular formula is C17H27NO3. The number of ether oxygens (including phenoxy) is 1. The van der Waals surface area contributed by atoms with Crippen LogP contribution >= 0.6 is 0 Å². The number of hydrogen-bond donors (Lipinski definition) is 2. The Hall–Kier alpha value is -1.71. The van der Waals surface area contributed by atoms with Crippen molar-refractivity contribution in [2.75, 3.05) is 13.7 Å². The molecule has 2 N–H and O–H groups in total. The van der Waals surface area contributed by atoms with Gasteiger partial charge in [0.15, 0.2) is 11.5 Å². The summed E-state index contributed by atoms with van der Waals surface area (Å²) >= 11 is 0. The lowest BCUT2D eigenvalue weighted by atomic mass is 10.1. The van der Waals surface area contributed by atoms with Crippen LogP contribution in [-0.2, 0) is 11.2 Å². The predicted molar refractivity (Wildman–Crippen MR) is 84.7 cm³/mol. The molecule has 21 heavy (non-hydrogen) atoms. The summed E-state index contributed by atoms with van der Waals surface area (Å²) in [5.41, 5.74) is 1.04. The summed E-state index contributed by atoms with van der Waals surface area (Å²) in [5.74, 6) is 0.726. The molecular weight excluding hydrogens is 266 g/mol. The lowest BCUT2D eigenvalue weighted by molar-refractivity contribution is -0.121. The van der Waals surface area contributed by atoms with E-state index in [0.717, 1.165) is 24.8 Å². The summed E-state index contributed by atoms with van der Waals surface area (Å²) in [6, 6.07) is 5.25. The van der Waals surface area contributed by atoms with Gasteiger partial charge in [-0.1, -0.05) is 38.7 Å². The second-order valence-electron chi connectivity index (χ2n) is 5.27. The number of methoxy groups -OCH3 is 1. The van der Waals surface area contributed by atoms with Gasteiger partial charge in [-0.15, -0.1) is 0 Å². The van der Waals surface area contributed by atoms with Gasteiger partial charge < -0.3 is 15.2 Å². The smallest absolute Gasteiger partial charge is 0.220 e. The fourth-order valence-electron chi connectivity index (χ4n) is 2.20. The quantitative estimate of drug-likeness (QED) is 0.650. The fraction of sp³-hybridized carbons (Fsp3) is 0.588. The van der Waals surface area contributed by atoms with E-state index in [-0.39, 0.29) is 11.7 Å². The maximum Gasteiger partial charge on any atom is 0.220 e. The number of carbonyl (C=O) groups is 1. The lowest BCUT2D eigenvalue weighted by Crippen LogP contribution is -2.25. The molecule has 0 saturated carbocycles. The number of aromatic hydroxyl groups is 1. The van der Waals surface area contributed by atoms with Crippen LogP contribution in [0.2, 0.25) is 0 Å². The van der Waals surface area contributed by atoms with Crippen LogP contribution in [0.1, 0.15) is 51.0 Å². The molecule has 0 bridgehead atoms. The molecule has 1 aromatic carbocycles. The first-order valence-electron chi connectivity index (χ1n) is 7.80. The SMILES string of the molecule is CCCCCCCC(=O)NCCc1ccc(O)c(OC)c1. The zero-order valence-electron chi connectivity index (χ0n) is 13.2. The van der Waals surface area contributed by atoms with Gasteiger partial charge in [0.2, 0.25) is 5.91 Å². The van der Waals surface area contributed by atoms with E-state index in [0.29, 0.717) is 18.7 Å². The maximum atomic E-state index is 11.7. The summed E-state index contributed by atoms with van der Waals surface area (Å²) in [7, 11) is 1.53. The van der Waals surface area contributed by atoms with Crippen molar-refractivity contribution in [1.82, 2.24) is 5.32 Å². The van der Waals surface area contributed by atoms with Gasteiger partial charge in [0, 0.05) is 13.0 Å². The van der Waals surface area contributed by atoms with Crippen LogP contribution in [0, 0.1) is 0 Å². The third-order valence-corrected chi connectivity index (χ3v) is 3.49. The first kappa shape index (κ1) is 17.3. The summed E-state index contributed by atoms with van der Waals surface area (Å²) in [6.45, 7) is 2.80. The van der Waals surface area contributed by atoms with Gasteiger partial charge in [0.25, 0.3) is 0 Å². The van der Waals surface area contributed by atoms with Crippen molar-refractivity contribution < 1.29 is 14.6 Å². The van der Waals surface area contributed by atoms with E-state index < -0.39 is 0 Å². The summed E-state index contributed by atoms with van der Waals surface area (Å²) in [6.07, 6.45) is 7.15. The topological polar surface area (TPSA) is 58.6 Å². The molecule has 0 aromatic heterocycles. The molecule has 0 unspecified atom stereocenters. The minimum Gasteiger partial charge on any atom is -0.504 e. The first-order valence-corrected chi connectivity index (χ1v) is 7.80. The Balaban J connectivity index is 2.19. The van der Waals surface area contributed by atoms with Gasteiger partial charge in [-0.3, -0.25) is 4.79 Å². The fourth-order valence-corrected chi connectivity index (χ4v) is 2.20. The van der Waals surface area contributed by atoms with Gasteiger partial charge in [-0.2, -0.15) is 0 Å². The molecule has 0 aliphatic rings. The van der Waals surface area contributed by atoms with Gasteiger partial charge in [-0.25, -0.2) is 0 Å². The van der Waals surface area contributed by atoms with E-state index in [9.17, 15) is 9.90 Å². The molecule has 0 radical (unpaired) electrons. The molecule has 1 rings (SSSR count). The van der Waals surface area contributed by atoms with Crippen LogP contribution < -0.4 is 10.1 Å². The molecule has 0 aliphatic carbocycles. The van der Waals surface area contributed by atoms with E-state index in [1.807, 2.05) is 6.07 Å². The van der Waals surface area contributed by atoms with Crippen LogP contribution in [0.5, 0.6) is 11.5 Å². The summed E-state index contributed by atoms with van der Waals surface area (Å²) in [5, 5.41) is 12.4. The monoisotopic (exact) mass is 293 g/mol. The standard InChI is InChI=1S/C17H27NO3/c1-3-4-5-6-7-8-17(20)18-12-11-14-9-10-15(19)16(13-14)21-2/h9-10,13,19H,3-8,11-12H2,1-2H3,(H,18,20). The number of rotatable bonds is 10. The Morgan fingerprint density at radius 2 is 2.00 bits per heavy atom. The Kier molecular flexibility index (Phi) is 8.32. The third kappa shape index (κ3) is 7.02. The van der Waals surface area contributed by atoms with Crippen molar-refractivity contribution in [3.63, 3.8) is 0 Å². The highest BCUT2D eigenvalue weighted by Gasteiger charge is 2.04. The number of benzene rings is 1. The van der Waals surface area contributed by atoms with Gasteiger partial charge in [0.05, 0.1) is 7.11 Å². The van der Waals surface area contributed by atoms with Gasteiger partial charge in [-0.05, 0) is 30.5 Å². The largest absolute Gasteiger partial charge is 0.504 e. The van der Waals surface area contributed by atoms with Crippen LogP contribution in [0.3, 0.4) is 0 Å². The molecule has 0 aliphatic heterocycles. The highest BCUT2D eigenvalue weighted by atomic mass is 16.5. The molecule has 0 atom stereocenters. The van der Waals surface area contributed by atoms with Crippen LogP contribution in [-0.4, -0.2) is 24.7 Å². The summed E-state index contributed by atoms with van der Waals surface area (Å²) in [4.78, 5) is 11.7. The normalized spacial score (nSPS) is 10.4. The molecule has 0 heterocycles. The minimum absolute atomic E-state index is 0.122. The predicted octanol–water partition coefficient (Wildman–Crippen LogP) is 3.42. The van der Waals surface area contributed by atoms with E-state index in [2.05, 4.69) is 12.2 Å². The van der Waals surface area contributed by atoms with E-state index >= 15 is 0 Å². The average Bonchev–Trinajstić information content (AvgIpc) is 2.48. The van der Waals surface area contributed by atoms with Crippen molar-refractivity contribution in [1.29, 1.82) is 0 Å². The number of nitrogens with one attached hydrogen (secondary N) is 1. The van der Waals surface area contributed by atoms with E-state index in [1.54, 1.807) is 12.1 Å². The Morgan fingerprint density at radius 1 is 1.24 bits per heavy atom. The highest BCUT2D eigenvalue weighted by molar-refractivity contribution is 5.75. The average molecular weight is 293 g/mol. The molecule has 0 saturated heterocycles. The number of hydrogen-bond acceptors (Lipinski definition) is 3. The second kappa shape index (κ2) is 10.1. The molecule has 1 amide bonds. The van der Waals surface area contributed by atoms with Crippen LogP contribution in [0.15, 0.2) is 18.2 Å². The van der Waals surface area contributed by atoms with E-state index in [4.69, 9.17) is 4.74 Å². The molecule has 0 spiro atoms. The zero-order valence-corrected chi connectivity index (χ0v) is 13.2. The highest BCUT2D eigenvalue weighted by Crippen LogP contribution is 2.26. The summed E-state index contributed by atoms with van der Waals surface area (Å²) < 4.78 is 5.06. The van der Waals surface area contributed by atoms with E-state index in [1.165, 1.54) is 26.4 Å². The molecule has 4 heteroatoms. The van der Waals surface area contributed by atoms with Crippen molar-refractivity contribution >= 4 is 5.91 Å². The first-order chi connectivity index (χ1) is 10.2. The lowest BCUT2D eigenvalue weighted by Gasteiger charge is -2.08. The Morgan fingerprint density at radius 3 is 2.71 bits per heavy atom. The van der Waals surface area contributed by atoms with Gasteiger partial charge in [0.1, 0.15) is 0 Å². The van der Waals surface area contributed by atoms with Gasteiger partial charge >= 0.3 is 0 Å². The molecule has 1 aromatic rings.